The van der Waals surface area contributed by atoms with E-state index in [-0.39, 0.29) is 6.10 Å². The van der Waals surface area contributed by atoms with Gasteiger partial charge in [-0.2, -0.15) is 0 Å². The molecular weight excluding hydrogens is 286 g/mol. The van der Waals surface area contributed by atoms with Crippen LogP contribution in [0, 0.1) is 11.8 Å². The van der Waals surface area contributed by atoms with E-state index in [0.29, 0.717) is 0 Å². The second-order valence-electron chi connectivity index (χ2n) is 6.77. The summed E-state index contributed by atoms with van der Waals surface area (Å²) in [6.07, 6.45) is 5.64. The fourth-order valence-corrected chi connectivity index (χ4v) is 4.10. The third-order valence-electron chi connectivity index (χ3n) is 5.39. The standard InChI is InChI=1S/C19H29N3O/c1-20-19(22-13-16-10-6-7-11-17(16)14-22)21-12-18(23-2)15-8-4-3-5-9-15/h3-5,8-9,16-18H,6-7,10-14H2,1-2H3,(H,20,21). The first kappa shape index (κ1) is 16.3. The summed E-state index contributed by atoms with van der Waals surface area (Å²) in [6, 6.07) is 10.4. The topological polar surface area (TPSA) is 36.9 Å². The van der Waals surface area contributed by atoms with E-state index in [1.807, 2.05) is 13.1 Å². The molecule has 2 fully saturated rings. The van der Waals surface area contributed by atoms with Crippen molar-refractivity contribution in [3.05, 3.63) is 35.9 Å². The summed E-state index contributed by atoms with van der Waals surface area (Å²) >= 11 is 0. The van der Waals surface area contributed by atoms with E-state index in [9.17, 15) is 0 Å². The second-order valence-corrected chi connectivity index (χ2v) is 6.77. The van der Waals surface area contributed by atoms with E-state index in [1.165, 1.54) is 31.2 Å². The highest BCUT2D eigenvalue weighted by Gasteiger charge is 2.35. The summed E-state index contributed by atoms with van der Waals surface area (Å²) in [7, 11) is 3.65. The lowest BCUT2D eigenvalue weighted by Gasteiger charge is -2.24. The first-order valence-electron chi connectivity index (χ1n) is 8.85. The molecule has 4 heteroatoms. The largest absolute Gasteiger partial charge is 0.375 e. The molecule has 3 atom stereocenters. The highest BCUT2D eigenvalue weighted by atomic mass is 16.5. The lowest BCUT2D eigenvalue weighted by atomic mass is 9.82. The zero-order chi connectivity index (χ0) is 16.1. The van der Waals surface area contributed by atoms with Crippen molar-refractivity contribution in [1.29, 1.82) is 0 Å². The molecule has 1 aromatic carbocycles. The average Bonchev–Trinajstić information content (AvgIpc) is 3.03. The molecule has 2 aliphatic rings. The van der Waals surface area contributed by atoms with Gasteiger partial charge in [-0.3, -0.25) is 4.99 Å². The molecule has 0 amide bonds. The molecular formula is C19H29N3O. The Bertz CT molecular complexity index is 503. The Balaban J connectivity index is 1.57. The first-order valence-corrected chi connectivity index (χ1v) is 8.85. The van der Waals surface area contributed by atoms with Crippen LogP contribution in [-0.4, -0.2) is 44.7 Å². The summed E-state index contributed by atoms with van der Waals surface area (Å²) in [6.45, 7) is 3.07. The van der Waals surface area contributed by atoms with Gasteiger partial charge in [-0.1, -0.05) is 43.2 Å². The van der Waals surface area contributed by atoms with Gasteiger partial charge >= 0.3 is 0 Å². The Morgan fingerprint density at radius 1 is 1.22 bits per heavy atom. The second kappa shape index (κ2) is 7.82. The third-order valence-corrected chi connectivity index (χ3v) is 5.39. The number of ether oxygens (including phenoxy) is 1. The van der Waals surface area contributed by atoms with E-state index in [4.69, 9.17) is 4.74 Å². The molecule has 0 spiro atoms. The van der Waals surface area contributed by atoms with Crippen molar-refractivity contribution in [3.63, 3.8) is 0 Å². The van der Waals surface area contributed by atoms with Crippen molar-refractivity contribution in [3.8, 4) is 0 Å². The Labute approximate surface area is 139 Å². The van der Waals surface area contributed by atoms with Crippen molar-refractivity contribution in [1.82, 2.24) is 10.2 Å². The van der Waals surface area contributed by atoms with Crippen molar-refractivity contribution >= 4 is 5.96 Å². The molecule has 0 bridgehead atoms. The number of nitrogens with one attached hydrogen (secondary N) is 1. The minimum atomic E-state index is 0.0535. The minimum Gasteiger partial charge on any atom is -0.375 e. The van der Waals surface area contributed by atoms with Crippen molar-refractivity contribution in [2.45, 2.75) is 31.8 Å². The predicted molar refractivity (Wildman–Crippen MR) is 94.6 cm³/mol. The Kier molecular flexibility index (Phi) is 5.55. The molecule has 0 radical (unpaired) electrons. The highest BCUT2D eigenvalue weighted by Crippen LogP contribution is 2.35. The zero-order valence-corrected chi connectivity index (χ0v) is 14.4. The number of hydrogen-bond acceptors (Lipinski definition) is 2. The monoisotopic (exact) mass is 315 g/mol. The summed E-state index contributed by atoms with van der Waals surface area (Å²) < 4.78 is 5.65. The number of rotatable bonds is 4. The van der Waals surface area contributed by atoms with Crippen molar-refractivity contribution in [2.24, 2.45) is 16.8 Å². The number of fused-ring (bicyclic) bond motifs is 1. The van der Waals surface area contributed by atoms with Crippen LogP contribution in [0.5, 0.6) is 0 Å². The van der Waals surface area contributed by atoms with Gasteiger partial charge in [0.1, 0.15) is 0 Å². The first-order chi connectivity index (χ1) is 11.3. The summed E-state index contributed by atoms with van der Waals surface area (Å²) in [4.78, 5) is 6.95. The van der Waals surface area contributed by atoms with Crippen LogP contribution < -0.4 is 5.32 Å². The Morgan fingerprint density at radius 3 is 2.43 bits per heavy atom. The van der Waals surface area contributed by atoms with Gasteiger partial charge in [0.25, 0.3) is 0 Å². The summed E-state index contributed by atoms with van der Waals surface area (Å²) in [5.41, 5.74) is 1.20. The number of likely N-dealkylation sites (tertiary alicyclic amines) is 1. The Hall–Kier alpha value is -1.55. The molecule has 23 heavy (non-hydrogen) atoms. The number of guanidine groups is 1. The van der Waals surface area contributed by atoms with Crippen LogP contribution in [0.3, 0.4) is 0 Å². The lowest BCUT2D eigenvalue weighted by Crippen LogP contribution is -2.42. The molecule has 1 N–H and O–H groups in total. The molecule has 1 aromatic rings. The quantitative estimate of drug-likeness (QED) is 0.685. The molecule has 1 aliphatic heterocycles. The molecule has 4 nitrogen and oxygen atoms in total. The fourth-order valence-electron chi connectivity index (χ4n) is 4.10. The molecule has 0 aromatic heterocycles. The van der Waals surface area contributed by atoms with Crippen LogP contribution in [0.1, 0.15) is 37.4 Å². The number of aliphatic imine (C=N–C) groups is 1. The zero-order valence-electron chi connectivity index (χ0n) is 14.4. The molecule has 3 rings (SSSR count). The summed E-state index contributed by atoms with van der Waals surface area (Å²) in [5.74, 6) is 2.77. The van der Waals surface area contributed by atoms with Crippen LogP contribution in [0.2, 0.25) is 0 Å². The number of methoxy groups -OCH3 is 1. The van der Waals surface area contributed by atoms with Gasteiger partial charge in [0, 0.05) is 33.8 Å². The predicted octanol–water partition coefficient (Wildman–Crippen LogP) is 3.07. The lowest BCUT2D eigenvalue weighted by molar-refractivity contribution is 0.106. The van der Waals surface area contributed by atoms with Gasteiger partial charge < -0.3 is 15.0 Å². The van der Waals surface area contributed by atoms with Crippen LogP contribution in [0.25, 0.3) is 0 Å². The molecule has 1 saturated heterocycles. The highest BCUT2D eigenvalue weighted by molar-refractivity contribution is 5.80. The SMILES string of the molecule is CN=C(NCC(OC)c1ccccc1)N1CC2CCCCC2C1. The van der Waals surface area contributed by atoms with E-state index < -0.39 is 0 Å². The van der Waals surface area contributed by atoms with E-state index in [0.717, 1.165) is 37.4 Å². The molecule has 1 heterocycles. The smallest absolute Gasteiger partial charge is 0.193 e. The molecule has 126 valence electrons. The Morgan fingerprint density at radius 2 is 1.87 bits per heavy atom. The van der Waals surface area contributed by atoms with Gasteiger partial charge in [-0.15, -0.1) is 0 Å². The molecule has 3 unspecified atom stereocenters. The molecule has 1 aliphatic carbocycles. The third kappa shape index (κ3) is 3.86. The molecule has 1 saturated carbocycles. The minimum absolute atomic E-state index is 0.0535. The van der Waals surface area contributed by atoms with E-state index in [1.54, 1.807) is 7.11 Å². The maximum absolute atomic E-state index is 5.65. The fraction of sp³-hybridized carbons (Fsp3) is 0.632. The van der Waals surface area contributed by atoms with Crippen LogP contribution in [0.15, 0.2) is 35.3 Å². The number of nitrogens with zero attached hydrogens (tertiary/aromatic N) is 2. The summed E-state index contributed by atoms with van der Waals surface area (Å²) in [5, 5.41) is 3.52. The van der Waals surface area contributed by atoms with E-state index in [2.05, 4.69) is 39.5 Å². The van der Waals surface area contributed by atoms with Gasteiger partial charge in [0.15, 0.2) is 5.96 Å². The van der Waals surface area contributed by atoms with Gasteiger partial charge in [0.05, 0.1) is 6.10 Å². The van der Waals surface area contributed by atoms with Gasteiger partial charge in [0.2, 0.25) is 0 Å². The normalized spacial score (nSPS) is 26.0. The van der Waals surface area contributed by atoms with Crippen LogP contribution in [-0.2, 0) is 4.74 Å². The number of hydrogen-bond donors (Lipinski definition) is 1. The average molecular weight is 315 g/mol. The van der Waals surface area contributed by atoms with Gasteiger partial charge in [-0.05, 0) is 30.2 Å². The van der Waals surface area contributed by atoms with Crippen LogP contribution in [0.4, 0.5) is 0 Å². The maximum Gasteiger partial charge on any atom is 0.193 e. The maximum atomic E-state index is 5.65. The van der Waals surface area contributed by atoms with Crippen LogP contribution >= 0.6 is 0 Å². The number of benzene rings is 1. The van der Waals surface area contributed by atoms with E-state index >= 15 is 0 Å². The van der Waals surface area contributed by atoms with Crippen molar-refractivity contribution < 1.29 is 4.74 Å². The van der Waals surface area contributed by atoms with Gasteiger partial charge in [-0.25, -0.2) is 0 Å². The van der Waals surface area contributed by atoms with Crippen molar-refractivity contribution in [2.75, 3.05) is 33.8 Å².